The summed E-state index contributed by atoms with van der Waals surface area (Å²) in [5.41, 5.74) is 2.28. The van der Waals surface area contributed by atoms with Crippen LogP contribution >= 0.6 is 0 Å². The van der Waals surface area contributed by atoms with E-state index < -0.39 is 0 Å². The van der Waals surface area contributed by atoms with Crippen molar-refractivity contribution in [2.75, 3.05) is 0 Å². The molecule has 0 spiro atoms. The second kappa shape index (κ2) is 7.94. The smallest absolute Gasteiger partial charge is 0.315 e. The molecule has 0 saturated carbocycles. The first-order chi connectivity index (χ1) is 12.5. The molecule has 0 bridgehead atoms. The van der Waals surface area contributed by atoms with Gasteiger partial charge in [0.15, 0.2) is 0 Å². The van der Waals surface area contributed by atoms with Gasteiger partial charge in [0, 0.05) is 25.0 Å². The van der Waals surface area contributed by atoms with E-state index in [4.69, 9.17) is 4.74 Å². The fraction of sp³-hybridized carbons (Fsp3) is 0.524. The first kappa shape index (κ1) is 18.5. The highest BCUT2D eigenvalue weighted by Crippen LogP contribution is 2.31. The van der Waals surface area contributed by atoms with Gasteiger partial charge >= 0.3 is 5.97 Å². The van der Waals surface area contributed by atoms with E-state index in [9.17, 15) is 9.59 Å². The number of esters is 1. The Balaban J connectivity index is 1.87. The number of ketones is 1. The number of carbonyl (C=O) groups excluding carboxylic acids is 2. The Hall–Kier alpha value is -2.30. The molecule has 1 aliphatic rings. The van der Waals surface area contributed by atoms with Gasteiger partial charge < -0.3 is 13.9 Å². The molecular formula is C21H28N2O3. The van der Waals surface area contributed by atoms with Crippen molar-refractivity contribution in [1.82, 2.24) is 9.13 Å². The van der Waals surface area contributed by atoms with Gasteiger partial charge in [0.1, 0.15) is 0 Å². The van der Waals surface area contributed by atoms with Crippen LogP contribution in [-0.4, -0.2) is 27.0 Å². The summed E-state index contributed by atoms with van der Waals surface area (Å²) in [5.74, 6) is -0.445. The molecule has 1 unspecified atom stereocenters. The average molecular weight is 356 g/mol. The van der Waals surface area contributed by atoms with Crippen LogP contribution in [0.2, 0.25) is 0 Å². The molecular weight excluding hydrogens is 328 g/mol. The van der Waals surface area contributed by atoms with Gasteiger partial charge in [0.25, 0.3) is 0 Å². The molecule has 3 heterocycles. The van der Waals surface area contributed by atoms with Gasteiger partial charge in [-0.15, -0.1) is 0 Å². The second-order valence-electron chi connectivity index (χ2n) is 7.25. The molecule has 5 nitrogen and oxygen atoms in total. The van der Waals surface area contributed by atoms with Crippen molar-refractivity contribution in [3.63, 3.8) is 0 Å². The molecule has 0 amide bonds. The summed E-state index contributed by atoms with van der Waals surface area (Å²) >= 11 is 0. The zero-order valence-electron chi connectivity index (χ0n) is 15.9. The third-order valence-electron chi connectivity index (χ3n) is 4.93. The van der Waals surface area contributed by atoms with Crippen molar-refractivity contribution in [3.05, 3.63) is 47.5 Å². The highest BCUT2D eigenvalue weighted by Gasteiger charge is 2.31. The maximum absolute atomic E-state index is 13.1. The molecule has 5 heteroatoms. The van der Waals surface area contributed by atoms with Gasteiger partial charge in [0.05, 0.1) is 23.4 Å². The number of hydrogen-bond acceptors (Lipinski definition) is 3. The molecule has 3 rings (SSSR count). The van der Waals surface area contributed by atoms with Gasteiger partial charge in [-0.25, -0.2) is 0 Å². The van der Waals surface area contributed by atoms with E-state index in [-0.39, 0.29) is 23.8 Å². The highest BCUT2D eigenvalue weighted by molar-refractivity contribution is 6.07. The van der Waals surface area contributed by atoms with Crippen LogP contribution < -0.4 is 0 Å². The largest absolute Gasteiger partial charge is 0.462 e. The minimum atomic E-state index is -0.278. The Morgan fingerprint density at radius 1 is 1.23 bits per heavy atom. The molecule has 2 aromatic heterocycles. The number of hydrogen-bond donors (Lipinski definition) is 0. The summed E-state index contributed by atoms with van der Waals surface area (Å²) in [6, 6.07) is 7.57. The number of nitrogens with zero attached hydrogens (tertiary/aromatic N) is 2. The summed E-state index contributed by atoms with van der Waals surface area (Å²) in [4.78, 5) is 25.5. The fourth-order valence-electron chi connectivity index (χ4n) is 3.66. The van der Waals surface area contributed by atoms with Crippen LogP contribution in [0.1, 0.15) is 74.2 Å². The molecule has 0 fully saturated rings. The molecule has 0 saturated heterocycles. The fourth-order valence-corrected chi connectivity index (χ4v) is 3.66. The Morgan fingerprint density at radius 2 is 2.04 bits per heavy atom. The van der Waals surface area contributed by atoms with Gasteiger partial charge in [-0.3, -0.25) is 9.59 Å². The molecule has 1 aliphatic heterocycles. The van der Waals surface area contributed by atoms with Crippen molar-refractivity contribution >= 4 is 11.8 Å². The highest BCUT2D eigenvalue weighted by atomic mass is 16.5. The number of fused-ring (bicyclic) bond motifs is 1. The van der Waals surface area contributed by atoms with Gasteiger partial charge in [-0.05, 0) is 57.4 Å². The van der Waals surface area contributed by atoms with E-state index in [2.05, 4.69) is 6.92 Å². The molecule has 26 heavy (non-hydrogen) atoms. The third kappa shape index (κ3) is 3.62. The van der Waals surface area contributed by atoms with Crippen molar-refractivity contribution in [2.24, 2.45) is 0 Å². The minimum Gasteiger partial charge on any atom is -0.462 e. The molecule has 0 aliphatic carbocycles. The molecule has 140 valence electrons. The van der Waals surface area contributed by atoms with Crippen molar-refractivity contribution in [2.45, 2.75) is 71.6 Å². The number of aryl methyl sites for hydroxylation is 1. The number of carbonyl (C=O) groups is 2. The van der Waals surface area contributed by atoms with Crippen LogP contribution in [0.25, 0.3) is 0 Å². The topological polar surface area (TPSA) is 53.2 Å². The average Bonchev–Trinajstić information content (AvgIpc) is 3.25. The molecule has 0 radical (unpaired) electrons. The quantitative estimate of drug-likeness (QED) is 0.553. The van der Waals surface area contributed by atoms with Gasteiger partial charge in [0.2, 0.25) is 5.78 Å². The van der Waals surface area contributed by atoms with E-state index in [1.54, 1.807) is 0 Å². The van der Waals surface area contributed by atoms with E-state index >= 15 is 0 Å². The summed E-state index contributed by atoms with van der Waals surface area (Å²) in [5, 5.41) is 0. The predicted octanol–water partition coefficient (Wildman–Crippen LogP) is 4.15. The summed E-state index contributed by atoms with van der Waals surface area (Å²) in [6.45, 7) is 7.48. The molecule has 1 atom stereocenters. The maximum Gasteiger partial charge on any atom is 0.315 e. The van der Waals surface area contributed by atoms with E-state index in [1.807, 2.05) is 53.4 Å². The van der Waals surface area contributed by atoms with E-state index in [0.29, 0.717) is 11.4 Å². The van der Waals surface area contributed by atoms with Gasteiger partial charge in [-0.1, -0.05) is 13.3 Å². The first-order valence-electron chi connectivity index (χ1n) is 9.62. The Kier molecular flexibility index (Phi) is 5.64. The Labute approximate surface area is 155 Å². The summed E-state index contributed by atoms with van der Waals surface area (Å²) in [7, 11) is 0. The van der Waals surface area contributed by atoms with Gasteiger partial charge in [-0.2, -0.15) is 0 Å². The lowest BCUT2D eigenvalue weighted by molar-refractivity contribution is -0.149. The van der Waals surface area contributed by atoms with Crippen LogP contribution in [0.4, 0.5) is 0 Å². The second-order valence-corrected chi connectivity index (χ2v) is 7.25. The van der Waals surface area contributed by atoms with Crippen LogP contribution in [-0.2, 0) is 22.6 Å². The Bertz CT molecular complexity index is 785. The van der Waals surface area contributed by atoms with Crippen LogP contribution in [0.3, 0.4) is 0 Å². The predicted molar refractivity (Wildman–Crippen MR) is 100 cm³/mol. The normalized spacial score (nSPS) is 16.5. The SMILES string of the molecule is CCCCn1cccc1C(=O)c1ccc2n1CCCC2C(=O)OC(C)C. The van der Waals surface area contributed by atoms with Crippen molar-refractivity contribution < 1.29 is 14.3 Å². The lowest BCUT2D eigenvalue weighted by atomic mass is 9.96. The van der Waals surface area contributed by atoms with Crippen LogP contribution in [0.5, 0.6) is 0 Å². The first-order valence-corrected chi connectivity index (χ1v) is 9.62. The third-order valence-corrected chi connectivity index (χ3v) is 4.93. The number of ether oxygens (including phenoxy) is 1. The zero-order chi connectivity index (χ0) is 18.7. The lowest BCUT2D eigenvalue weighted by Gasteiger charge is -2.25. The van der Waals surface area contributed by atoms with Crippen LogP contribution in [0.15, 0.2) is 30.5 Å². The Morgan fingerprint density at radius 3 is 2.77 bits per heavy atom. The van der Waals surface area contributed by atoms with Crippen LogP contribution in [0, 0.1) is 0 Å². The molecule has 2 aromatic rings. The van der Waals surface area contributed by atoms with E-state index in [0.717, 1.165) is 44.5 Å². The zero-order valence-corrected chi connectivity index (χ0v) is 15.9. The van der Waals surface area contributed by atoms with Crippen molar-refractivity contribution in [3.8, 4) is 0 Å². The molecule has 0 aromatic carbocycles. The maximum atomic E-state index is 13.1. The standard InChI is InChI=1S/C21H28N2O3/c1-4-5-12-22-13-7-9-18(22)20(24)19-11-10-17-16(8-6-14-23(17)19)21(25)26-15(2)3/h7,9-11,13,15-16H,4-6,8,12,14H2,1-3H3. The summed E-state index contributed by atoms with van der Waals surface area (Å²) < 4.78 is 9.45. The molecule has 0 N–H and O–H groups in total. The number of unbranched alkanes of at least 4 members (excludes halogenated alkanes) is 1. The monoisotopic (exact) mass is 356 g/mol. The number of rotatable bonds is 7. The summed E-state index contributed by atoms with van der Waals surface area (Å²) in [6.07, 6.45) is 5.62. The van der Waals surface area contributed by atoms with Crippen molar-refractivity contribution in [1.29, 1.82) is 0 Å². The minimum absolute atomic E-state index is 0.0234. The van der Waals surface area contributed by atoms with E-state index in [1.165, 1.54) is 0 Å². The lowest BCUT2D eigenvalue weighted by Crippen LogP contribution is -2.27. The number of aromatic nitrogens is 2.